The van der Waals surface area contributed by atoms with E-state index in [0.717, 1.165) is 38.2 Å². The summed E-state index contributed by atoms with van der Waals surface area (Å²) in [5.74, 6) is 1.10. The Bertz CT molecular complexity index is 538. The molecule has 0 spiro atoms. The van der Waals surface area contributed by atoms with Gasteiger partial charge in [-0.05, 0) is 50.7 Å². The Labute approximate surface area is 174 Å². The van der Waals surface area contributed by atoms with Crippen molar-refractivity contribution in [1.82, 2.24) is 15.1 Å². The second-order valence-corrected chi connectivity index (χ2v) is 8.61. The highest BCUT2D eigenvalue weighted by molar-refractivity contribution is 14.0. The van der Waals surface area contributed by atoms with Gasteiger partial charge in [-0.3, -0.25) is 9.89 Å². The van der Waals surface area contributed by atoms with Crippen LogP contribution in [-0.2, 0) is 5.41 Å². The third-order valence-electron chi connectivity index (χ3n) is 5.27. The predicted octanol–water partition coefficient (Wildman–Crippen LogP) is 3.78. The minimum Gasteiger partial charge on any atom is -0.357 e. The van der Waals surface area contributed by atoms with Crippen LogP contribution in [0.4, 0.5) is 0 Å². The van der Waals surface area contributed by atoms with Crippen LogP contribution in [-0.4, -0.2) is 61.1 Å². The van der Waals surface area contributed by atoms with Gasteiger partial charge in [-0.25, -0.2) is 0 Å². The molecule has 0 aromatic carbocycles. The first-order valence-corrected chi connectivity index (χ1v) is 10.3. The molecule has 1 aromatic heterocycles. The van der Waals surface area contributed by atoms with Crippen LogP contribution < -0.4 is 5.32 Å². The number of hydrogen-bond donors (Lipinski definition) is 1. The Morgan fingerprint density at radius 2 is 2.08 bits per heavy atom. The summed E-state index contributed by atoms with van der Waals surface area (Å²) in [6.45, 7) is 13.4. The molecule has 142 valence electrons. The lowest BCUT2D eigenvalue weighted by Gasteiger charge is -2.27. The second kappa shape index (κ2) is 9.55. The van der Waals surface area contributed by atoms with Crippen LogP contribution in [0, 0.1) is 0 Å². The molecular weight excluding hydrogens is 443 g/mol. The van der Waals surface area contributed by atoms with E-state index in [1.54, 1.807) is 0 Å². The lowest BCUT2D eigenvalue weighted by atomic mass is 9.92. The van der Waals surface area contributed by atoms with Gasteiger partial charge in [0.2, 0.25) is 0 Å². The molecule has 1 N–H and O–H groups in total. The van der Waals surface area contributed by atoms with Crippen LogP contribution in [0.25, 0.3) is 0 Å². The fourth-order valence-corrected chi connectivity index (χ4v) is 4.62. The summed E-state index contributed by atoms with van der Waals surface area (Å²) in [5, 5.41) is 5.67. The van der Waals surface area contributed by atoms with Crippen molar-refractivity contribution in [3.63, 3.8) is 0 Å². The lowest BCUT2D eigenvalue weighted by molar-refractivity contribution is 0.249. The zero-order valence-corrected chi connectivity index (χ0v) is 19.0. The molecule has 6 heteroatoms. The summed E-state index contributed by atoms with van der Waals surface area (Å²) in [7, 11) is 0. The summed E-state index contributed by atoms with van der Waals surface area (Å²) >= 11 is 1.83. The maximum atomic E-state index is 5.00. The highest BCUT2D eigenvalue weighted by Gasteiger charge is 2.31. The molecule has 1 atom stereocenters. The topological polar surface area (TPSA) is 30.9 Å². The number of hydrogen-bond acceptors (Lipinski definition) is 3. The van der Waals surface area contributed by atoms with Gasteiger partial charge in [0.1, 0.15) is 0 Å². The average Bonchev–Trinajstić information content (AvgIpc) is 3.33. The number of likely N-dealkylation sites (tertiary alicyclic amines) is 2. The van der Waals surface area contributed by atoms with E-state index in [0.29, 0.717) is 0 Å². The zero-order valence-electron chi connectivity index (χ0n) is 15.8. The van der Waals surface area contributed by atoms with E-state index in [1.165, 1.54) is 37.2 Å². The highest BCUT2D eigenvalue weighted by atomic mass is 127. The normalized spacial score (nSPS) is 22.3. The van der Waals surface area contributed by atoms with Crippen molar-refractivity contribution in [3.05, 3.63) is 22.4 Å². The quantitative estimate of drug-likeness (QED) is 0.399. The zero-order chi connectivity index (χ0) is 17.0. The van der Waals surface area contributed by atoms with Gasteiger partial charge >= 0.3 is 0 Å². The molecule has 4 nitrogen and oxygen atoms in total. The number of thiophene rings is 1. The minimum atomic E-state index is 0. The Kier molecular flexibility index (Phi) is 8.01. The number of nitrogens with one attached hydrogen (secondary N) is 1. The van der Waals surface area contributed by atoms with Crippen molar-refractivity contribution in [3.8, 4) is 0 Å². The molecule has 2 aliphatic heterocycles. The molecule has 0 bridgehead atoms. The second-order valence-electron chi connectivity index (χ2n) is 7.66. The lowest BCUT2D eigenvalue weighted by Crippen LogP contribution is -2.43. The average molecular weight is 476 g/mol. The molecule has 0 amide bonds. The van der Waals surface area contributed by atoms with E-state index in [4.69, 9.17) is 4.99 Å². The molecule has 2 aliphatic rings. The molecule has 0 radical (unpaired) electrons. The Balaban J connectivity index is 0.00000225. The molecule has 0 aliphatic carbocycles. The van der Waals surface area contributed by atoms with Gasteiger partial charge < -0.3 is 10.2 Å². The largest absolute Gasteiger partial charge is 0.357 e. The summed E-state index contributed by atoms with van der Waals surface area (Å²) < 4.78 is 0. The predicted molar refractivity (Wildman–Crippen MR) is 120 cm³/mol. The van der Waals surface area contributed by atoms with E-state index in [2.05, 4.69) is 53.4 Å². The SMILES string of the molecule is CCNC(=NCC(C)(C)c1cccs1)N1CCC(N2CCCC2)C1.I. The summed E-state index contributed by atoms with van der Waals surface area (Å²) in [6.07, 6.45) is 4.03. The molecular formula is C19H33IN4S. The van der Waals surface area contributed by atoms with Gasteiger partial charge in [0, 0.05) is 36.0 Å². The van der Waals surface area contributed by atoms with E-state index in [-0.39, 0.29) is 29.4 Å². The summed E-state index contributed by atoms with van der Waals surface area (Å²) in [5.41, 5.74) is 0.100. The van der Waals surface area contributed by atoms with Gasteiger partial charge in [-0.1, -0.05) is 19.9 Å². The number of halogens is 1. The molecule has 3 rings (SSSR count). The maximum Gasteiger partial charge on any atom is 0.193 e. The Morgan fingerprint density at radius 1 is 1.32 bits per heavy atom. The van der Waals surface area contributed by atoms with Gasteiger partial charge in [0.05, 0.1) is 6.54 Å². The Hall–Kier alpha value is -0.340. The van der Waals surface area contributed by atoms with E-state index in [9.17, 15) is 0 Å². The highest BCUT2D eigenvalue weighted by Crippen LogP contribution is 2.28. The molecule has 25 heavy (non-hydrogen) atoms. The van der Waals surface area contributed by atoms with E-state index < -0.39 is 0 Å². The van der Waals surface area contributed by atoms with Crippen LogP contribution in [0.1, 0.15) is 44.9 Å². The molecule has 1 aromatic rings. The third-order valence-corrected chi connectivity index (χ3v) is 6.50. The monoisotopic (exact) mass is 476 g/mol. The Morgan fingerprint density at radius 3 is 2.72 bits per heavy atom. The van der Waals surface area contributed by atoms with Gasteiger partial charge in [-0.2, -0.15) is 0 Å². The first-order chi connectivity index (χ1) is 11.6. The molecule has 1 unspecified atom stereocenters. The fourth-order valence-electron chi connectivity index (χ4n) is 3.78. The number of nitrogens with zero attached hydrogens (tertiary/aromatic N) is 3. The van der Waals surface area contributed by atoms with Gasteiger partial charge in [0.15, 0.2) is 5.96 Å². The van der Waals surface area contributed by atoms with Crippen LogP contribution in [0.3, 0.4) is 0 Å². The molecule has 3 heterocycles. The molecule has 0 saturated carbocycles. The number of aliphatic imine (C=N–C) groups is 1. The molecule has 2 fully saturated rings. The summed E-state index contributed by atoms with van der Waals surface area (Å²) in [6, 6.07) is 5.09. The van der Waals surface area contributed by atoms with Crippen molar-refractivity contribution in [2.45, 2.75) is 51.5 Å². The third kappa shape index (κ3) is 5.32. The van der Waals surface area contributed by atoms with Crippen molar-refractivity contribution in [2.75, 3.05) is 39.3 Å². The standard InChI is InChI=1S/C19H32N4S.HI/c1-4-20-18(21-15-19(2,3)17-8-7-13-24-17)23-12-9-16(14-23)22-10-5-6-11-22;/h7-8,13,16H,4-6,9-12,14-15H2,1-3H3,(H,20,21);1H. The van der Waals surface area contributed by atoms with E-state index in [1.807, 2.05) is 11.3 Å². The maximum absolute atomic E-state index is 5.00. The fraction of sp³-hybridized carbons (Fsp3) is 0.737. The van der Waals surface area contributed by atoms with Crippen molar-refractivity contribution in [1.29, 1.82) is 0 Å². The first-order valence-electron chi connectivity index (χ1n) is 9.41. The summed E-state index contributed by atoms with van der Waals surface area (Å²) in [4.78, 5) is 11.6. The van der Waals surface area contributed by atoms with Gasteiger partial charge in [0.25, 0.3) is 0 Å². The molecule has 2 saturated heterocycles. The number of guanidine groups is 1. The van der Waals surface area contributed by atoms with Crippen LogP contribution in [0.5, 0.6) is 0 Å². The van der Waals surface area contributed by atoms with Crippen molar-refractivity contribution >= 4 is 41.3 Å². The smallest absolute Gasteiger partial charge is 0.193 e. The minimum absolute atomic E-state index is 0. The van der Waals surface area contributed by atoms with Crippen molar-refractivity contribution < 1.29 is 0 Å². The first kappa shape index (κ1) is 21.0. The van der Waals surface area contributed by atoms with Crippen molar-refractivity contribution in [2.24, 2.45) is 4.99 Å². The van der Waals surface area contributed by atoms with Crippen LogP contribution in [0.2, 0.25) is 0 Å². The number of rotatable bonds is 5. The van der Waals surface area contributed by atoms with E-state index >= 15 is 0 Å². The van der Waals surface area contributed by atoms with Crippen LogP contribution in [0.15, 0.2) is 22.5 Å². The van der Waals surface area contributed by atoms with Gasteiger partial charge in [-0.15, -0.1) is 35.3 Å². The van der Waals surface area contributed by atoms with Crippen LogP contribution >= 0.6 is 35.3 Å².